The first-order valence-corrected chi connectivity index (χ1v) is 8.32. The van der Waals surface area contributed by atoms with Crippen LogP contribution in [0.25, 0.3) is 11.1 Å². The molecular weight excluding hydrogens is 364 g/mol. The molecule has 3 rings (SSSR count). The predicted octanol–water partition coefficient (Wildman–Crippen LogP) is 4.77. The third-order valence-electron chi connectivity index (χ3n) is 4.12. The second kappa shape index (κ2) is 8.31. The summed E-state index contributed by atoms with van der Waals surface area (Å²) in [5.74, 6) is -1.10. The molecule has 0 aliphatic carbocycles. The zero-order valence-corrected chi connectivity index (χ0v) is 14.9. The Balaban J connectivity index is 1.75. The van der Waals surface area contributed by atoms with Gasteiger partial charge in [0.2, 0.25) is 0 Å². The third kappa shape index (κ3) is 3.99. The van der Waals surface area contributed by atoms with E-state index >= 15 is 0 Å². The minimum absolute atomic E-state index is 0.200. The second-order valence-electron chi connectivity index (χ2n) is 5.86. The summed E-state index contributed by atoms with van der Waals surface area (Å²) < 4.78 is 37.6. The molecule has 140 valence electrons. The number of hydrogen-bond acceptors (Lipinski definition) is 4. The van der Waals surface area contributed by atoms with Crippen LogP contribution in [0.15, 0.2) is 60.7 Å². The van der Waals surface area contributed by atoms with Gasteiger partial charge >= 0.3 is 0 Å². The Bertz CT molecular complexity index is 1060. The Morgan fingerprint density at radius 1 is 1.07 bits per heavy atom. The smallest absolute Gasteiger partial charge is 0.200 e. The molecule has 0 unspecified atom stereocenters. The van der Waals surface area contributed by atoms with E-state index in [2.05, 4.69) is 0 Å². The summed E-state index contributed by atoms with van der Waals surface area (Å²) in [6.45, 7) is -0.292. The van der Waals surface area contributed by atoms with Gasteiger partial charge in [0.1, 0.15) is 17.7 Å². The van der Waals surface area contributed by atoms with Gasteiger partial charge in [-0.1, -0.05) is 30.3 Å². The van der Waals surface area contributed by atoms with E-state index in [4.69, 9.17) is 9.47 Å². The van der Waals surface area contributed by atoms with Gasteiger partial charge in [-0.2, -0.15) is 5.26 Å². The molecule has 0 saturated heterocycles. The van der Waals surface area contributed by atoms with Crippen LogP contribution in [0.5, 0.6) is 11.5 Å². The van der Waals surface area contributed by atoms with Crippen molar-refractivity contribution < 1.29 is 23.0 Å². The van der Waals surface area contributed by atoms with Gasteiger partial charge in [-0.05, 0) is 29.8 Å². The van der Waals surface area contributed by atoms with Crippen molar-refractivity contribution in [3.63, 3.8) is 0 Å². The molecule has 0 atom stereocenters. The van der Waals surface area contributed by atoms with Crippen molar-refractivity contribution in [3.05, 3.63) is 83.4 Å². The lowest BCUT2D eigenvalue weighted by Gasteiger charge is -2.11. The zero-order valence-electron chi connectivity index (χ0n) is 14.9. The van der Waals surface area contributed by atoms with Crippen LogP contribution in [0.1, 0.15) is 15.9 Å². The quantitative estimate of drug-likeness (QED) is 0.579. The largest absolute Gasteiger partial charge is 0.493 e. The molecular formula is C22H15F2NO3. The highest BCUT2D eigenvalue weighted by atomic mass is 19.1. The van der Waals surface area contributed by atoms with Crippen molar-refractivity contribution in [1.29, 1.82) is 5.26 Å². The average Bonchev–Trinajstić information content (AvgIpc) is 2.71. The number of ether oxygens (including phenoxy) is 2. The van der Waals surface area contributed by atoms with E-state index in [1.807, 2.05) is 6.07 Å². The van der Waals surface area contributed by atoms with Crippen molar-refractivity contribution in [3.8, 4) is 28.7 Å². The van der Waals surface area contributed by atoms with Gasteiger partial charge in [0, 0.05) is 17.2 Å². The molecule has 3 aromatic carbocycles. The van der Waals surface area contributed by atoms with Gasteiger partial charge < -0.3 is 9.47 Å². The number of Topliss-reactive ketones (excluding diaryl/α,β-unsaturated/α-hetero) is 1. The molecule has 6 heteroatoms. The van der Waals surface area contributed by atoms with Crippen LogP contribution in [0.3, 0.4) is 0 Å². The van der Waals surface area contributed by atoms with E-state index in [0.29, 0.717) is 16.9 Å². The number of ketones is 1. The third-order valence-corrected chi connectivity index (χ3v) is 4.12. The van der Waals surface area contributed by atoms with E-state index in [0.717, 1.165) is 6.07 Å². The van der Waals surface area contributed by atoms with Gasteiger partial charge in [-0.25, -0.2) is 8.78 Å². The highest BCUT2D eigenvalue weighted by molar-refractivity contribution is 5.97. The maximum absolute atomic E-state index is 13.9. The van der Waals surface area contributed by atoms with E-state index < -0.39 is 11.6 Å². The second-order valence-corrected chi connectivity index (χ2v) is 5.86. The summed E-state index contributed by atoms with van der Waals surface area (Å²) in [6, 6.07) is 16.4. The fourth-order valence-electron chi connectivity index (χ4n) is 2.69. The monoisotopic (exact) mass is 379 g/mol. The minimum Gasteiger partial charge on any atom is -0.493 e. The highest BCUT2D eigenvalue weighted by Crippen LogP contribution is 2.30. The average molecular weight is 379 g/mol. The predicted molar refractivity (Wildman–Crippen MR) is 99.3 cm³/mol. The van der Waals surface area contributed by atoms with Crippen molar-refractivity contribution >= 4 is 5.78 Å². The SMILES string of the molecule is COc1cccc(C#N)c1OCC(=O)c1ccc(-c2ccc(F)cc2F)cc1. The number of methoxy groups -OCH3 is 1. The summed E-state index contributed by atoms with van der Waals surface area (Å²) >= 11 is 0. The number of nitrogens with zero attached hydrogens (tertiary/aromatic N) is 1. The summed E-state index contributed by atoms with van der Waals surface area (Å²) in [6.07, 6.45) is 0. The van der Waals surface area contributed by atoms with Crippen LogP contribution in [0, 0.1) is 23.0 Å². The number of benzene rings is 3. The molecule has 0 heterocycles. The first kappa shape index (κ1) is 19.1. The standard InChI is InChI=1S/C22H15F2NO3/c1-27-21-4-2-3-16(12-25)22(21)28-13-20(26)15-7-5-14(6-8-15)18-10-9-17(23)11-19(18)24/h2-11H,13H2,1H3. The Hall–Kier alpha value is -3.72. The normalized spacial score (nSPS) is 10.2. The summed E-state index contributed by atoms with van der Waals surface area (Å²) in [5.41, 5.74) is 1.38. The van der Waals surface area contributed by atoms with Gasteiger partial charge in [-0.3, -0.25) is 4.79 Å². The molecule has 3 aromatic rings. The number of rotatable bonds is 6. The lowest BCUT2D eigenvalue weighted by molar-refractivity contribution is 0.0919. The van der Waals surface area contributed by atoms with Crippen molar-refractivity contribution in [2.45, 2.75) is 0 Å². The fourth-order valence-corrected chi connectivity index (χ4v) is 2.69. The van der Waals surface area contributed by atoms with Crippen molar-refractivity contribution in [2.24, 2.45) is 0 Å². The number of nitriles is 1. The van der Waals surface area contributed by atoms with Crippen LogP contribution < -0.4 is 9.47 Å². The molecule has 0 fully saturated rings. The molecule has 0 spiro atoms. The Morgan fingerprint density at radius 2 is 1.82 bits per heavy atom. The number of para-hydroxylation sites is 1. The van der Waals surface area contributed by atoms with E-state index in [-0.39, 0.29) is 29.3 Å². The van der Waals surface area contributed by atoms with Crippen molar-refractivity contribution in [2.75, 3.05) is 13.7 Å². The Labute approximate surface area is 160 Å². The van der Waals surface area contributed by atoms with Gasteiger partial charge in [0.05, 0.1) is 12.7 Å². The number of halogens is 2. The molecule has 0 aromatic heterocycles. The van der Waals surface area contributed by atoms with Gasteiger partial charge in [0.25, 0.3) is 0 Å². The summed E-state index contributed by atoms with van der Waals surface area (Å²) in [4.78, 5) is 12.4. The number of carbonyl (C=O) groups excluding carboxylic acids is 1. The molecule has 0 amide bonds. The van der Waals surface area contributed by atoms with Crippen LogP contribution in [0.4, 0.5) is 8.78 Å². The molecule has 28 heavy (non-hydrogen) atoms. The lowest BCUT2D eigenvalue weighted by Crippen LogP contribution is -2.12. The maximum Gasteiger partial charge on any atom is 0.200 e. The molecule has 0 bridgehead atoms. The van der Waals surface area contributed by atoms with E-state index in [9.17, 15) is 18.8 Å². The molecule has 0 radical (unpaired) electrons. The van der Waals surface area contributed by atoms with Crippen molar-refractivity contribution in [1.82, 2.24) is 0 Å². The zero-order chi connectivity index (χ0) is 20.1. The van der Waals surface area contributed by atoms with E-state index in [1.165, 1.54) is 31.4 Å². The Kier molecular flexibility index (Phi) is 5.66. The number of hydrogen-bond donors (Lipinski definition) is 0. The topological polar surface area (TPSA) is 59.3 Å². The number of carbonyl (C=O) groups is 1. The molecule has 4 nitrogen and oxygen atoms in total. The molecule has 0 aliphatic rings. The lowest BCUT2D eigenvalue weighted by atomic mass is 10.0. The van der Waals surface area contributed by atoms with Crippen LogP contribution >= 0.6 is 0 Å². The first-order chi connectivity index (χ1) is 13.5. The first-order valence-electron chi connectivity index (χ1n) is 8.32. The molecule has 0 aliphatic heterocycles. The van der Waals surface area contributed by atoms with Crippen LogP contribution in [-0.4, -0.2) is 19.5 Å². The molecule has 0 N–H and O–H groups in total. The van der Waals surface area contributed by atoms with Crippen LogP contribution in [0.2, 0.25) is 0 Å². The fraction of sp³-hybridized carbons (Fsp3) is 0.0909. The molecule has 0 saturated carbocycles. The summed E-state index contributed by atoms with van der Waals surface area (Å²) in [7, 11) is 1.44. The maximum atomic E-state index is 13.9. The minimum atomic E-state index is -0.678. The summed E-state index contributed by atoms with van der Waals surface area (Å²) in [5, 5.41) is 9.17. The van der Waals surface area contributed by atoms with Gasteiger partial charge in [-0.15, -0.1) is 0 Å². The van der Waals surface area contributed by atoms with Gasteiger partial charge in [0.15, 0.2) is 23.9 Å². The van der Waals surface area contributed by atoms with Crippen LogP contribution in [-0.2, 0) is 0 Å². The Morgan fingerprint density at radius 3 is 2.46 bits per heavy atom. The highest BCUT2D eigenvalue weighted by Gasteiger charge is 2.14. The van der Waals surface area contributed by atoms with E-state index in [1.54, 1.807) is 30.3 Å².